The highest BCUT2D eigenvalue weighted by Gasteiger charge is 2.34. The second-order valence-electron chi connectivity index (χ2n) is 6.67. The van der Waals surface area contributed by atoms with Crippen molar-refractivity contribution in [3.8, 4) is 0 Å². The average molecular weight is 327 g/mol. The lowest BCUT2D eigenvalue weighted by Gasteiger charge is -2.36. The molecular formula is C16H26N2OS2. The van der Waals surface area contributed by atoms with Crippen LogP contribution in [0, 0.1) is 11.8 Å². The summed E-state index contributed by atoms with van der Waals surface area (Å²) in [7, 11) is 0. The summed E-state index contributed by atoms with van der Waals surface area (Å²) in [4.78, 5) is 16.4. The number of hydrogen-bond acceptors (Lipinski definition) is 3. The summed E-state index contributed by atoms with van der Waals surface area (Å²) in [6.45, 7) is 3.57. The lowest BCUT2D eigenvalue weighted by Crippen LogP contribution is -2.50. The van der Waals surface area contributed by atoms with Gasteiger partial charge in [0.05, 0.1) is 0 Å². The first-order valence-electron chi connectivity index (χ1n) is 8.44. The Bertz CT molecular complexity index is 384. The van der Waals surface area contributed by atoms with E-state index in [0.717, 1.165) is 49.3 Å². The summed E-state index contributed by atoms with van der Waals surface area (Å²) < 4.78 is 1.05. The Morgan fingerprint density at radius 1 is 0.952 bits per heavy atom. The van der Waals surface area contributed by atoms with E-state index in [1.54, 1.807) is 0 Å². The van der Waals surface area contributed by atoms with Crippen LogP contribution < -0.4 is 0 Å². The Morgan fingerprint density at radius 2 is 1.57 bits per heavy atom. The minimum Gasteiger partial charge on any atom is -0.354 e. The Labute approximate surface area is 137 Å². The second-order valence-corrected chi connectivity index (χ2v) is 8.32. The van der Waals surface area contributed by atoms with Crippen LogP contribution in [0.3, 0.4) is 0 Å². The fraction of sp³-hybridized carbons (Fsp3) is 0.875. The summed E-state index contributed by atoms with van der Waals surface area (Å²) >= 11 is 7.47. The fourth-order valence-corrected chi connectivity index (χ4v) is 4.80. The summed E-state index contributed by atoms with van der Waals surface area (Å²) in [6, 6.07) is 0. The molecule has 0 N–H and O–H groups in total. The zero-order valence-corrected chi connectivity index (χ0v) is 14.4. The molecule has 3 fully saturated rings. The molecule has 0 radical (unpaired) electrons. The monoisotopic (exact) mass is 326 g/mol. The van der Waals surface area contributed by atoms with Crippen LogP contribution in [-0.4, -0.2) is 52.0 Å². The Balaban J connectivity index is 1.37. The van der Waals surface area contributed by atoms with Crippen LogP contribution in [0.4, 0.5) is 0 Å². The molecule has 0 spiro atoms. The third-order valence-corrected chi connectivity index (χ3v) is 6.70. The van der Waals surface area contributed by atoms with E-state index < -0.39 is 0 Å². The molecule has 0 atom stereocenters. The van der Waals surface area contributed by atoms with Gasteiger partial charge in [0.25, 0.3) is 0 Å². The first-order chi connectivity index (χ1) is 10.2. The molecule has 1 saturated heterocycles. The molecule has 1 heterocycles. The van der Waals surface area contributed by atoms with Crippen molar-refractivity contribution in [2.45, 2.75) is 44.9 Å². The molecule has 1 aliphatic heterocycles. The molecule has 0 unspecified atom stereocenters. The first kappa shape index (κ1) is 15.6. The number of thiocarbonyl (C=S) groups is 1. The molecule has 3 aliphatic rings. The molecule has 21 heavy (non-hydrogen) atoms. The Kier molecular flexibility index (Phi) is 5.43. The van der Waals surface area contributed by atoms with Gasteiger partial charge in [-0.2, -0.15) is 0 Å². The SMILES string of the molecule is O=C(C1CC1)N1CCN(C(=S)SCC2CCCCC2)CC1. The van der Waals surface area contributed by atoms with Crippen molar-refractivity contribution in [2.75, 3.05) is 31.9 Å². The van der Waals surface area contributed by atoms with Gasteiger partial charge in [0, 0.05) is 37.8 Å². The molecule has 2 saturated carbocycles. The van der Waals surface area contributed by atoms with Gasteiger partial charge in [-0.25, -0.2) is 0 Å². The number of nitrogens with zero attached hydrogens (tertiary/aromatic N) is 2. The number of carbonyl (C=O) groups is 1. The van der Waals surface area contributed by atoms with E-state index in [2.05, 4.69) is 4.90 Å². The van der Waals surface area contributed by atoms with E-state index in [1.165, 1.54) is 37.9 Å². The molecule has 0 aromatic carbocycles. The minimum absolute atomic E-state index is 0.351. The highest BCUT2D eigenvalue weighted by atomic mass is 32.2. The standard InChI is InChI=1S/C16H26N2OS2/c19-15(14-6-7-14)17-8-10-18(11-9-17)16(20)21-12-13-4-2-1-3-5-13/h13-14H,1-12H2. The zero-order valence-electron chi connectivity index (χ0n) is 12.8. The van der Waals surface area contributed by atoms with Gasteiger partial charge in [0.2, 0.25) is 5.91 Å². The van der Waals surface area contributed by atoms with Crippen LogP contribution in [0.2, 0.25) is 0 Å². The summed E-state index contributed by atoms with van der Waals surface area (Å²) in [6.07, 6.45) is 9.21. The van der Waals surface area contributed by atoms with E-state index in [1.807, 2.05) is 16.7 Å². The number of carbonyl (C=O) groups excluding carboxylic acids is 1. The van der Waals surface area contributed by atoms with E-state index in [9.17, 15) is 4.79 Å². The van der Waals surface area contributed by atoms with Crippen molar-refractivity contribution >= 4 is 34.2 Å². The summed E-state index contributed by atoms with van der Waals surface area (Å²) in [5.41, 5.74) is 0. The predicted octanol–water partition coefficient (Wildman–Crippen LogP) is 3.14. The maximum absolute atomic E-state index is 12.0. The van der Waals surface area contributed by atoms with Crippen LogP contribution in [0.5, 0.6) is 0 Å². The third-order valence-electron chi connectivity index (χ3n) is 4.94. The van der Waals surface area contributed by atoms with Gasteiger partial charge in [-0.1, -0.05) is 43.2 Å². The molecule has 0 bridgehead atoms. The van der Waals surface area contributed by atoms with Crippen molar-refractivity contribution in [3.05, 3.63) is 0 Å². The quantitative estimate of drug-likeness (QED) is 0.744. The Hall–Kier alpha value is -0.290. The van der Waals surface area contributed by atoms with E-state index in [-0.39, 0.29) is 0 Å². The van der Waals surface area contributed by atoms with Gasteiger partial charge in [0.1, 0.15) is 4.32 Å². The van der Waals surface area contributed by atoms with Crippen molar-refractivity contribution in [1.82, 2.24) is 9.80 Å². The molecular weight excluding hydrogens is 300 g/mol. The van der Waals surface area contributed by atoms with Crippen LogP contribution in [0.25, 0.3) is 0 Å². The van der Waals surface area contributed by atoms with E-state index in [4.69, 9.17) is 12.2 Å². The van der Waals surface area contributed by atoms with Crippen LogP contribution in [-0.2, 0) is 4.79 Å². The average Bonchev–Trinajstić information content (AvgIpc) is 3.38. The molecule has 5 heteroatoms. The van der Waals surface area contributed by atoms with Gasteiger partial charge < -0.3 is 9.80 Å². The van der Waals surface area contributed by atoms with Crippen molar-refractivity contribution in [3.63, 3.8) is 0 Å². The number of piperazine rings is 1. The number of rotatable bonds is 3. The minimum atomic E-state index is 0.351. The van der Waals surface area contributed by atoms with Crippen LogP contribution >= 0.6 is 24.0 Å². The smallest absolute Gasteiger partial charge is 0.225 e. The summed E-state index contributed by atoms with van der Waals surface area (Å²) in [5, 5.41) is 0. The number of thioether (sulfide) groups is 1. The molecule has 0 aromatic heterocycles. The molecule has 2 aliphatic carbocycles. The normalized spacial score (nSPS) is 24.2. The van der Waals surface area contributed by atoms with Crippen molar-refractivity contribution < 1.29 is 4.79 Å². The highest BCUT2D eigenvalue weighted by molar-refractivity contribution is 8.22. The first-order valence-corrected chi connectivity index (χ1v) is 9.84. The largest absolute Gasteiger partial charge is 0.354 e. The lowest BCUT2D eigenvalue weighted by molar-refractivity contribution is -0.133. The predicted molar refractivity (Wildman–Crippen MR) is 92.5 cm³/mol. The maximum Gasteiger partial charge on any atom is 0.225 e. The number of amides is 1. The second kappa shape index (κ2) is 7.32. The van der Waals surface area contributed by atoms with Gasteiger partial charge >= 0.3 is 0 Å². The van der Waals surface area contributed by atoms with Crippen molar-refractivity contribution in [2.24, 2.45) is 11.8 Å². The summed E-state index contributed by atoms with van der Waals surface area (Å²) in [5.74, 6) is 2.80. The van der Waals surface area contributed by atoms with Crippen LogP contribution in [0.15, 0.2) is 0 Å². The number of hydrogen-bond donors (Lipinski definition) is 0. The molecule has 1 amide bonds. The topological polar surface area (TPSA) is 23.6 Å². The molecule has 118 valence electrons. The maximum atomic E-state index is 12.0. The Morgan fingerprint density at radius 3 is 2.19 bits per heavy atom. The molecule has 0 aromatic rings. The van der Waals surface area contributed by atoms with Gasteiger partial charge in [-0.05, 0) is 31.6 Å². The van der Waals surface area contributed by atoms with Gasteiger partial charge in [0.15, 0.2) is 0 Å². The molecule has 3 rings (SSSR count). The van der Waals surface area contributed by atoms with Crippen molar-refractivity contribution in [1.29, 1.82) is 0 Å². The zero-order chi connectivity index (χ0) is 14.7. The fourth-order valence-electron chi connectivity index (χ4n) is 3.33. The third kappa shape index (κ3) is 4.35. The molecule has 3 nitrogen and oxygen atoms in total. The van der Waals surface area contributed by atoms with E-state index in [0.29, 0.717) is 11.8 Å². The van der Waals surface area contributed by atoms with Gasteiger partial charge in [-0.3, -0.25) is 4.79 Å². The lowest BCUT2D eigenvalue weighted by atomic mass is 9.91. The van der Waals surface area contributed by atoms with Gasteiger partial charge in [-0.15, -0.1) is 0 Å². The van der Waals surface area contributed by atoms with E-state index >= 15 is 0 Å². The highest BCUT2D eigenvalue weighted by Crippen LogP contribution is 2.31. The van der Waals surface area contributed by atoms with Crippen LogP contribution in [0.1, 0.15) is 44.9 Å².